The highest BCUT2D eigenvalue weighted by atomic mass is 35.5. The summed E-state index contributed by atoms with van der Waals surface area (Å²) in [6, 6.07) is 8.44. The molecule has 1 aliphatic heterocycles. The number of aromatic nitrogens is 3. The van der Waals surface area contributed by atoms with Gasteiger partial charge in [-0.15, -0.1) is 0 Å². The van der Waals surface area contributed by atoms with Crippen molar-refractivity contribution in [2.75, 3.05) is 18.0 Å². The summed E-state index contributed by atoms with van der Waals surface area (Å²) in [4.78, 5) is 7.12. The van der Waals surface area contributed by atoms with Gasteiger partial charge >= 0.3 is 0 Å². The molecule has 0 amide bonds. The Bertz CT molecular complexity index is 1020. The molecular formula is C21H23Cl2N5. The molecule has 2 fully saturated rings. The molecule has 1 saturated carbocycles. The van der Waals surface area contributed by atoms with Crippen LogP contribution in [-0.4, -0.2) is 39.9 Å². The molecule has 0 radical (unpaired) electrons. The molecule has 1 saturated heterocycles. The lowest BCUT2D eigenvalue weighted by atomic mass is 9.89. The van der Waals surface area contributed by atoms with Gasteiger partial charge in [0.05, 0.1) is 27.4 Å². The van der Waals surface area contributed by atoms with E-state index in [9.17, 15) is 0 Å². The predicted molar refractivity (Wildman–Crippen MR) is 115 cm³/mol. The third kappa shape index (κ3) is 3.36. The number of nitrogens with zero attached hydrogens (tertiary/aromatic N) is 3. The standard InChI is InChI=1S/C21H23Cl2N5/c1-21(25-13-5-6-13)7-9-28(10-8-21)14-11-17-20(24-12-14)19(27-26-17)15-3-2-4-16(22)18(15)23/h2-4,11-13,25H,5-10H2,1H3,(H,26,27). The van der Waals surface area contributed by atoms with Crippen LogP contribution in [0.2, 0.25) is 10.0 Å². The minimum atomic E-state index is 0.264. The Balaban J connectivity index is 1.39. The number of halogens is 2. The summed E-state index contributed by atoms with van der Waals surface area (Å²) >= 11 is 12.5. The second kappa shape index (κ2) is 6.90. The molecule has 0 bridgehead atoms. The average Bonchev–Trinajstić information content (AvgIpc) is 3.39. The number of fused-ring (bicyclic) bond motifs is 1. The summed E-state index contributed by atoms with van der Waals surface area (Å²) in [6.45, 7) is 4.43. The maximum atomic E-state index is 6.38. The van der Waals surface area contributed by atoms with Crippen molar-refractivity contribution in [1.82, 2.24) is 20.5 Å². The summed E-state index contributed by atoms with van der Waals surface area (Å²) in [5.41, 5.74) is 4.64. The SMILES string of the molecule is CC1(NC2CC2)CCN(c2cnc3c(-c4cccc(Cl)c4Cl)n[nH]c3c2)CC1. The van der Waals surface area contributed by atoms with E-state index in [1.807, 2.05) is 18.3 Å². The molecule has 1 aliphatic carbocycles. The third-order valence-corrected chi connectivity index (χ3v) is 6.77. The first-order chi connectivity index (χ1) is 13.5. The molecule has 5 rings (SSSR count). The second-order valence-electron chi connectivity index (χ2n) is 8.23. The molecule has 3 heterocycles. The van der Waals surface area contributed by atoms with Crippen LogP contribution in [0.1, 0.15) is 32.6 Å². The number of aromatic amines is 1. The lowest BCUT2D eigenvalue weighted by molar-refractivity contribution is 0.282. The largest absolute Gasteiger partial charge is 0.370 e. The lowest BCUT2D eigenvalue weighted by Gasteiger charge is -2.41. The highest BCUT2D eigenvalue weighted by Crippen LogP contribution is 2.36. The Morgan fingerprint density at radius 3 is 2.75 bits per heavy atom. The van der Waals surface area contributed by atoms with Gasteiger partial charge in [0.25, 0.3) is 0 Å². The van der Waals surface area contributed by atoms with Crippen molar-refractivity contribution >= 4 is 39.9 Å². The summed E-state index contributed by atoms with van der Waals surface area (Å²) in [5.74, 6) is 0. The summed E-state index contributed by atoms with van der Waals surface area (Å²) in [6.07, 6.45) is 6.90. The van der Waals surface area contributed by atoms with Gasteiger partial charge in [0.2, 0.25) is 0 Å². The van der Waals surface area contributed by atoms with Crippen molar-refractivity contribution in [2.24, 2.45) is 0 Å². The zero-order chi connectivity index (χ0) is 19.3. The molecule has 146 valence electrons. The van der Waals surface area contributed by atoms with Crippen LogP contribution >= 0.6 is 23.2 Å². The number of H-pyrrole nitrogens is 1. The van der Waals surface area contributed by atoms with E-state index in [0.717, 1.165) is 60.0 Å². The molecule has 7 heteroatoms. The van der Waals surface area contributed by atoms with E-state index in [2.05, 4.69) is 33.4 Å². The predicted octanol–water partition coefficient (Wildman–Crippen LogP) is 5.04. The molecule has 3 aromatic rings. The quantitative estimate of drug-likeness (QED) is 0.626. The number of benzene rings is 1. The number of hydrogen-bond donors (Lipinski definition) is 2. The van der Waals surface area contributed by atoms with E-state index < -0.39 is 0 Å². The van der Waals surface area contributed by atoms with Gasteiger partial charge in [-0.25, -0.2) is 0 Å². The van der Waals surface area contributed by atoms with Crippen LogP contribution in [0.15, 0.2) is 30.5 Å². The molecule has 0 spiro atoms. The van der Waals surface area contributed by atoms with E-state index in [-0.39, 0.29) is 5.54 Å². The first-order valence-corrected chi connectivity index (χ1v) is 10.6. The van der Waals surface area contributed by atoms with Crippen molar-refractivity contribution in [3.05, 3.63) is 40.5 Å². The molecule has 2 aromatic heterocycles. The van der Waals surface area contributed by atoms with Crippen LogP contribution in [-0.2, 0) is 0 Å². The molecule has 2 N–H and O–H groups in total. The Labute approximate surface area is 174 Å². The maximum absolute atomic E-state index is 6.38. The molecule has 2 aliphatic rings. The highest BCUT2D eigenvalue weighted by Gasteiger charge is 2.35. The van der Waals surface area contributed by atoms with Gasteiger partial charge in [-0.1, -0.05) is 35.3 Å². The molecular weight excluding hydrogens is 393 g/mol. The van der Waals surface area contributed by atoms with E-state index in [1.54, 1.807) is 6.07 Å². The molecule has 0 atom stereocenters. The normalized spacial score (nSPS) is 19.3. The van der Waals surface area contributed by atoms with Crippen LogP contribution in [0.25, 0.3) is 22.3 Å². The fraction of sp³-hybridized carbons (Fsp3) is 0.429. The van der Waals surface area contributed by atoms with Gasteiger partial charge in [-0.2, -0.15) is 5.10 Å². The number of hydrogen-bond acceptors (Lipinski definition) is 4. The average molecular weight is 416 g/mol. The zero-order valence-electron chi connectivity index (χ0n) is 15.8. The highest BCUT2D eigenvalue weighted by molar-refractivity contribution is 6.43. The van der Waals surface area contributed by atoms with E-state index in [4.69, 9.17) is 28.2 Å². The van der Waals surface area contributed by atoms with Gasteiger partial charge in [-0.05, 0) is 44.7 Å². The maximum Gasteiger partial charge on any atom is 0.120 e. The topological polar surface area (TPSA) is 56.8 Å². The summed E-state index contributed by atoms with van der Waals surface area (Å²) < 4.78 is 0. The molecule has 0 unspecified atom stereocenters. The van der Waals surface area contributed by atoms with Crippen LogP contribution in [0.3, 0.4) is 0 Å². The first-order valence-electron chi connectivity index (χ1n) is 9.84. The Hall–Kier alpha value is -1.82. The number of rotatable bonds is 4. The number of piperidine rings is 1. The fourth-order valence-electron chi connectivity index (χ4n) is 4.07. The van der Waals surface area contributed by atoms with Gasteiger partial charge in [0.1, 0.15) is 11.2 Å². The van der Waals surface area contributed by atoms with Crippen molar-refractivity contribution in [3.8, 4) is 11.3 Å². The van der Waals surface area contributed by atoms with Crippen LogP contribution in [0.4, 0.5) is 5.69 Å². The lowest BCUT2D eigenvalue weighted by Crippen LogP contribution is -2.52. The monoisotopic (exact) mass is 415 g/mol. The smallest absolute Gasteiger partial charge is 0.120 e. The summed E-state index contributed by atoms with van der Waals surface area (Å²) in [7, 11) is 0. The fourth-order valence-corrected chi connectivity index (χ4v) is 4.46. The number of anilines is 1. The van der Waals surface area contributed by atoms with Crippen LogP contribution in [0, 0.1) is 0 Å². The minimum Gasteiger partial charge on any atom is -0.370 e. The van der Waals surface area contributed by atoms with Gasteiger partial charge in [-0.3, -0.25) is 10.1 Å². The Morgan fingerprint density at radius 2 is 2.00 bits per heavy atom. The number of pyridine rings is 1. The Kier molecular flexibility index (Phi) is 4.49. The van der Waals surface area contributed by atoms with Crippen LogP contribution in [0.5, 0.6) is 0 Å². The van der Waals surface area contributed by atoms with Crippen molar-refractivity contribution < 1.29 is 0 Å². The van der Waals surface area contributed by atoms with E-state index in [1.165, 1.54) is 12.8 Å². The van der Waals surface area contributed by atoms with Gasteiger partial charge in [0.15, 0.2) is 0 Å². The van der Waals surface area contributed by atoms with Crippen molar-refractivity contribution in [3.63, 3.8) is 0 Å². The molecule has 1 aromatic carbocycles. The first kappa shape index (κ1) is 18.2. The van der Waals surface area contributed by atoms with Crippen LogP contribution < -0.4 is 10.2 Å². The van der Waals surface area contributed by atoms with Gasteiger partial charge < -0.3 is 10.2 Å². The summed E-state index contributed by atoms with van der Waals surface area (Å²) in [5, 5.41) is 12.4. The second-order valence-corrected chi connectivity index (χ2v) is 9.01. The van der Waals surface area contributed by atoms with E-state index >= 15 is 0 Å². The molecule has 28 heavy (non-hydrogen) atoms. The van der Waals surface area contributed by atoms with E-state index in [0.29, 0.717) is 10.0 Å². The van der Waals surface area contributed by atoms with Crippen molar-refractivity contribution in [2.45, 2.75) is 44.2 Å². The minimum absolute atomic E-state index is 0.264. The number of nitrogens with one attached hydrogen (secondary N) is 2. The van der Waals surface area contributed by atoms with Crippen molar-refractivity contribution in [1.29, 1.82) is 0 Å². The zero-order valence-corrected chi connectivity index (χ0v) is 17.3. The third-order valence-electron chi connectivity index (χ3n) is 5.95. The van der Waals surface area contributed by atoms with Gasteiger partial charge in [0, 0.05) is 30.2 Å². The Morgan fingerprint density at radius 1 is 1.21 bits per heavy atom. The molecule has 5 nitrogen and oxygen atoms in total.